The van der Waals surface area contributed by atoms with Crippen LogP contribution in [-0.4, -0.2) is 21.3 Å². The Morgan fingerprint density at radius 1 is 1.46 bits per heavy atom. The Hall–Kier alpha value is -1.44. The van der Waals surface area contributed by atoms with E-state index in [1.54, 1.807) is 31.2 Å². The average Bonchev–Trinajstić information content (AvgIpc) is 2.15. The van der Waals surface area contributed by atoms with E-state index in [4.69, 9.17) is 10.4 Å². The number of pyridine rings is 1. The van der Waals surface area contributed by atoms with Crippen LogP contribution >= 0.6 is 0 Å². The van der Waals surface area contributed by atoms with Crippen LogP contribution in [0.5, 0.6) is 0 Å². The van der Waals surface area contributed by atoms with Gasteiger partial charge < -0.3 is 10.2 Å². The van der Waals surface area contributed by atoms with Gasteiger partial charge in [0.1, 0.15) is 6.10 Å². The lowest BCUT2D eigenvalue weighted by Crippen LogP contribution is -2.17. The molecule has 0 aliphatic heterocycles. The maximum Gasteiger partial charge on any atom is 0.171 e. The summed E-state index contributed by atoms with van der Waals surface area (Å²) in [5.41, 5.74) is 1.05. The van der Waals surface area contributed by atoms with Gasteiger partial charge in [0, 0.05) is 5.69 Å². The number of aliphatic hydroxyl groups excluding tert-OH is 2. The third kappa shape index (κ3) is 2.25. The second kappa shape index (κ2) is 3.99. The Bertz CT molecular complexity index is 333. The molecule has 68 valence electrons. The van der Waals surface area contributed by atoms with Crippen LogP contribution in [0.1, 0.15) is 17.5 Å². The van der Waals surface area contributed by atoms with E-state index in [0.717, 1.165) is 5.69 Å². The van der Waals surface area contributed by atoms with Crippen LogP contribution in [0.3, 0.4) is 0 Å². The SMILES string of the molecule is Cc1cccc(C(O)C(O)C#N)n1. The first kappa shape index (κ1) is 9.65. The highest BCUT2D eigenvalue weighted by Crippen LogP contribution is 2.13. The molecule has 0 bridgehead atoms. The molecule has 0 saturated heterocycles. The number of rotatable bonds is 2. The number of aliphatic hydroxyl groups is 2. The molecule has 2 N–H and O–H groups in total. The van der Waals surface area contributed by atoms with E-state index in [2.05, 4.69) is 4.98 Å². The minimum atomic E-state index is -1.42. The zero-order valence-corrected chi connectivity index (χ0v) is 7.18. The molecule has 0 aromatic carbocycles. The van der Waals surface area contributed by atoms with Gasteiger partial charge in [0.25, 0.3) is 0 Å². The molecule has 2 atom stereocenters. The summed E-state index contributed by atoms with van der Waals surface area (Å²) in [5.74, 6) is 0. The Balaban J connectivity index is 2.90. The molecule has 0 aliphatic rings. The molecule has 0 amide bonds. The number of nitrogens with zero attached hydrogens (tertiary/aromatic N) is 2. The number of aromatic nitrogens is 1. The van der Waals surface area contributed by atoms with Gasteiger partial charge in [-0.1, -0.05) is 6.07 Å². The molecule has 1 heterocycles. The van der Waals surface area contributed by atoms with Gasteiger partial charge in [0.2, 0.25) is 0 Å². The fourth-order valence-electron chi connectivity index (χ4n) is 0.961. The van der Waals surface area contributed by atoms with Gasteiger partial charge in [-0.25, -0.2) is 0 Å². The molecule has 0 aliphatic carbocycles. The molecule has 1 aromatic heterocycles. The van der Waals surface area contributed by atoms with E-state index in [1.165, 1.54) is 0 Å². The molecular formula is C9H10N2O2. The molecular weight excluding hydrogens is 168 g/mol. The van der Waals surface area contributed by atoms with Crippen molar-refractivity contribution in [3.8, 4) is 6.07 Å². The van der Waals surface area contributed by atoms with Crippen LogP contribution in [0.2, 0.25) is 0 Å². The van der Waals surface area contributed by atoms with Crippen molar-refractivity contribution < 1.29 is 10.2 Å². The van der Waals surface area contributed by atoms with E-state index in [-0.39, 0.29) is 0 Å². The van der Waals surface area contributed by atoms with Crippen LogP contribution in [0.15, 0.2) is 18.2 Å². The molecule has 0 saturated carbocycles. The summed E-state index contributed by atoms with van der Waals surface area (Å²) < 4.78 is 0. The standard InChI is InChI=1S/C9H10N2O2/c1-6-3-2-4-7(11-6)9(13)8(12)5-10/h2-4,8-9,12-13H,1H3. The highest BCUT2D eigenvalue weighted by atomic mass is 16.3. The average molecular weight is 178 g/mol. The first-order valence-electron chi connectivity index (χ1n) is 3.84. The minimum absolute atomic E-state index is 0.314. The quantitative estimate of drug-likeness (QED) is 0.639. The third-order valence-corrected chi connectivity index (χ3v) is 1.64. The fourth-order valence-corrected chi connectivity index (χ4v) is 0.961. The summed E-state index contributed by atoms with van der Waals surface area (Å²) in [6, 6.07) is 6.60. The van der Waals surface area contributed by atoms with Crippen molar-refractivity contribution in [3.63, 3.8) is 0 Å². The second-order valence-electron chi connectivity index (χ2n) is 2.72. The molecule has 1 aromatic rings. The van der Waals surface area contributed by atoms with Crippen molar-refractivity contribution >= 4 is 0 Å². The normalized spacial score (nSPS) is 14.6. The van der Waals surface area contributed by atoms with Crippen molar-refractivity contribution in [1.82, 2.24) is 4.98 Å². The molecule has 0 radical (unpaired) electrons. The Morgan fingerprint density at radius 3 is 2.69 bits per heavy atom. The van der Waals surface area contributed by atoms with Crippen molar-refractivity contribution in [2.24, 2.45) is 0 Å². The zero-order valence-electron chi connectivity index (χ0n) is 7.18. The Kier molecular flexibility index (Phi) is 2.96. The van der Waals surface area contributed by atoms with E-state index >= 15 is 0 Å². The Labute approximate surface area is 76.1 Å². The molecule has 0 fully saturated rings. The van der Waals surface area contributed by atoms with Gasteiger partial charge in [-0.3, -0.25) is 4.98 Å². The summed E-state index contributed by atoms with van der Waals surface area (Å²) in [7, 11) is 0. The topological polar surface area (TPSA) is 77.1 Å². The van der Waals surface area contributed by atoms with Crippen molar-refractivity contribution in [2.75, 3.05) is 0 Å². The lowest BCUT2D eigenvalue weighted by Gasteiger charge is -2.10. The van der Waals surface area contributed by atoms with Crippen molar-refractivity contribution in [2.45, 2.75) is 19.1 Å². The van der Waals surface area contributed by atoms with Crippen molar-refractivity contribution in [1.29, 1.82) is 5.26 Å². The third-order valence-electron chi connectivity index (χ3n) is 1.64. The maximum atomic E-state index is 9.38. The smallest absolute Gasteiger partial charge is 0.171 e. The summed E-state index contributed by atoms with van der Waals surface area (Å²) in [5, 5.41) is 26.7. The first-order valence-corrected chi connectivity index (χ1v) is 3.84. The van der Waals surface area contributed by atoms with Crippen LogP contribution in [0.25, 0.3) is 0 Å². The summed E-state index contributed by atoms with van der Waals surface area (Å²) in [6.45, 7) is 1.77. The lowest BCUT2D eigenvalue weighted by atomic mass is 10.1. The van der Waals surface area contributed by atoms with Gasteiger partial charge in [-0.2, -0.15) is 5.26 Å². The predicted molar refractivity (Wildman–Crippen MR) is 45.6 cm³/mol. The first-order chi connectivity index (χ1) is 6.15. The van der Waals surface area contributed by atoms with Gasteiger partial charge in [0.15, 0.2) is 6.10 Å². The fraction of sp³-hybridized carbons (Fsp3) is 0.333. The predicted octanol–water partition coefficient (Wildman–Crippen LogP) is 0.308. The number of aryl methyl sites for hydroxylation is 1. The molecule has 0 spiro atoms. The van der Waals surface area contributed by atoms with E-state index in [0.29, 0.717) is 5.69 Å². The van der Waals surface area contributed by atoms with Crippen LogP contribution in [-0.2, 0) is 0 Å². The van der Waals surface area contributed by atoms with Crippen molar-refractivity contribution in [3.05, 3.63) is 29.6 Å². The number of hydrogen-bond acceptors (Lipinski definition) is 4. The second-order valence-corrected chi connectivity index (χ2v) is 2.72. The van der Waals surface area contributed by atoms with E-state index in [9.17, 15) is 5.11 Å². The summed E-state index contributed by atoms with van der Waals surface area (Å²) >= 11 is 0. The van der Waals surface area contributed by atoms with Crippen LogP contribution in [0, 0.1) is 18.3 Å². The highest BCUT2D eigenvalue weighted by Gasteiger charge is 2.18. The molecule has 4 nitrogen and oxygen atoms in total. The lowest BCUT2D eigenvalue weighted by molar-refractivity contribution is 0.0498. The Morgan fingerprint density at radius 2 is 2.15 bits per heavy atom. The highest BCUT2D eigenvalue weighted by molar-refractivity contribution is 5.14. The van der Waals surface area contributed by atoms with Gasteiger partial charge in [-0.15, -0.1) is 0 Å². The molecule has 13 heavy (non-hydrogen) atoms. The number of nitriles is 1. The largest absolute Gasteiger partial charge is 0.383 e. The monoisotopic (exact) mass is 178 g/mol. The summed E-state index contributed by atoms with van der Waals surface area (Å²) in [6.07, 6.45) is -2.65. The minimum Gasteiger partial charge on any atom is -0.383 e. The van der Waals surface area contributed by atoms with Gasteiger partial charge >= 0.3 is 0 Å². The molecule has 4 heteroatoms. The van der Waals surface area contributed by atoms with Crippen LogP contribution < -0.4 is 0 Å². The zero-order chi connectivity index (χ0) is 9.84. The van der Waals surface area contributed by atoms with E-state index < -0.39 is 12.2 Å². The van der Waals surface area contributed by atoms with Gasteiger partial charge in [0.05, 0.1) is 11.8 Å². The molecule has 2 unspecified atom stereocenters. The number of hydrogen-bond donors (Lipinski definition) is 2. The summed E-state index contributed by atoms with van der Waals surface area (Å²) in [4.78, 5) is 3.98. The van der Waals surface area contributed by atoms with Crippen LogP contribution in [0.4, 0.5) is 0 Å². The molecule has 1 rings (SSSR count). The maximum absolute atomic E-state index is 9.38. The van der Waals surface area contributed by atoms with E-state index in [1.807, 2.05) is 0 Å². The van der Waals surface area contributed by atoms with Gasteiger partial charge in [-0.05, 0) is 19.1 Å².